The predicted molar refractivity (Wildman–Crippen MR) is 124 cm³/mol. The minimum atomic E-state index is -0.669. The monoisotopic (exact) mass is 507 g/mol. The van der Waals surface area contributed by atoms with Crippen molar-refractivity contribution in [1.82, 2.24) is 9.38 Å². The molecule has 0 atom stereocenters. The Morgan fingerprint density at radius 2 is 1.93 bits per heavy atom. The summed E-state index contributed by atoms with van der Waals surface area (Å²) in [5.74, 6) is -0.517. The molecule has 146 valence electrons. The van der Waals surface area contributed by atoms with Crippen LogP contribution in [0.2, 0.25) is 0 Å². The molecule has 5 rings (SSSR count). The number of nitrogens with one attached hydrogen (secondary N) is 1. The summed E-state index contributed by atoms with van der Waals surface area (Å²) in [6, 6.07) is 20.1. The van der Waals surface area contributed by atoms with Crippen LogP contribution in [-0.2, 0) is 0 Å². The molecule has 7 heteroatoms. The van der Waals surface area contributed by atoms with Gasteiger partial charge in [-0.2, -0.15) is 0 Å². The molecule has 0 radical (unpaired) electrons. The molecule has 0 spiro atoms. The average Bonchev–Trinajstić information content (AvgIpc) is 3.18. The van der Waals surface area contributed by atoms with E-state index in [2.05, 4.69) is 32.9 Å². The molecule has 0 unspecified atom stereocenters. The second kappa shape index (κ2) is 7.42. The Labute approximate surface area is 184 Å². The Hall–Kier alpha value is -3.46. The molecule has 0 bridgehead atoms. The molecule has 0 aliphatic carbocycles. The molecule has 0 fully saturated rings. The van der Waals surface area contributed by atoms with Crippen molar-refractivity contribution in [2.75, 3.05) is 5.32 Å². The number of carbonyl (C=O) groups excluding carboxylic acids is 1. The summed E-state index contributed by atoms with van der Waals surface area (Å²) in [5, 5.41) is 3.49. The molecule has 30 heavy (non-hydrogen) atoms. The molecule has 5 aromatic rings. The second-order valence-electron chi connectivity index (χ2n) is 6.76. The summed E-state index contributed by atoms with van der Waals surface area (Å²) >= 11 is 2.17. The van der Waals surface area contributed by atoms with Gasteiger partial charge >= 0.3 is 5.63 Å². The number of carbonyl (C=O) groups is 1. The van der Waals surface area contributed by atoms with Crippen molar-refractivity contribution in [3.8, 4) is 11.3 Å². The number of benzene rings is 2. The Kier molecular flexibility index (Phi) is 4.59. The zero-order chi connectivity index (χ0) is 20.7. The molecule has 0 aliphatic rings. The third-order valence-corrected chi connectivity index (χ3v) is 5.39. The first-order valence-electron chi connectivity index (χ1n) is 9.16. The fourth-order valence-corrected chi connectivity index (χ4v) is 3.80. The van der Waals surface area contributed by atoms with Crippen molar-refractivity contribution in [1.29, 1.82) is 0 Å². The summed E-state index contributed by atoms with van der Waals surface area (Å²) in [7, 11) is 0. The van der Waals surface area contributed by atoms with Gasteiger partial charge in [0.15, 0.2) is 0 Å². The largest absolute Gasteiger partial charge is 0.422 e. The van der Waals surface area contributed by atoms with Crippen LogP contribution in [0.5, 0.6) is 0 Å². The van der Waals surface area contributed by atoms with Crippen molar-refractivity contribution < 1.29 is 9.21 Å². The lowest BCUT2D eigenvalue weighted by atomic mass is 10.1. The predicted octanol–water partition coefficient (Wildman–Crippen LogP) is 4.96. The van der Waals surface area contributed by atoms with Gasteiger partial charge < -0.3 is 14.1 Å². The number of hydrogen-bond acceptors (Lipinski definition) is 4. The number of nitrogens with zero attached hydrogens (tertiary/aromatic N) is 2. The van der Waals surface area contributed by atoms with Crippen LogP contribution >= 0.6 is 22.6 Å². The van der Waals surface area contributed by atoms with E-state index in [1.165, 1.54) is 0 Å². The van der Waals surface area contributed by atoms with Gasteiger partial charge in [-0.05, 0) is 71.1 Å². The SMILES string of the molecule is O=C(Nc1cccc(-c2cn3ccccc3n2)c1)c1cc2cc(I)ccc2oc1=O. The highest BCUT2D eigenvalue weighted by atomic mass is 127. The van der Waals surface area contributed by atoms with Crippen LogP contribution in [0.1, 0.15) is 10.4 Å². The van der Waals surface area contributed by atoms with Gasteiger partial charge in [-0.1, -0.05) is 18.2 Å². The summed E-state index contributed by atoms with van der Waals surface area (Å²) in [6.45, 7) is 0. The highest BCUT2D eigenvalue weighted by Gasteiger charge is 2.15. The fourth-order valence-electron chi connectivity index (χ4n) is 3.28. The molecular formula is C23H14IN3O3. The van der Waals surface area contributed by atoms with Crippen LogP contribution in [0.25, 0.3) is 27.9 Å². The molecule has 6 nitrogen and oxygen atoms in total. The van der Waals surface area contributed by atoms with Crippen LogP contribution in [-0.4, -0.2) is 15.3 Å². The van der Waals surface area contributed by atoms with Gasteiger partial charge in [0, 0.05) is 32.6 Å². The van der Waals surface area contributed by atoms with Crippen LogP contribution < -0.4 is 10.9 Å². The average molecular weight is 507 g/mol. The van der Waals surface area contributed by atoms with Gasteiger partial charge in [0.1, 0.15) is 16.8 Å². The highest BCUT2D eigenvalue weighted by molar-refractivity contribution is 14.1. The zero-order valence-electron chi connectivity index (χ0n) is 15.5. The summed E-state index contributed by atoms with van der Waals surface area (Å²) in [5.41, 5.74) is 2.79. The lowest BCUT2D eigenvalue weighted by molar-refractivity contribution is 0.102. The van der Waals surface area contributed by atoms with Gasteiger partial charge in [0.2, 0.25) is 0 Å². The van der Waals surface area contributed by atoms with Gasteiger partial charge in [-0.15, -0.1) is 0 Å². The van der Waals surface area contributed by atoms with Crippen molar-refractivity contribution in [3.05, 3.63) is 98.7 Å². The van der Waals surface area contributed by atoms with Gasteiger partial charge in [0.25, 0.3) is 5.91 Å². The number of imidazole rings is 1. The van der Waals surface area contributed by atoms with Gasteiger partial charge in [0.05, 0.1) is 5.69 Å². The van der Waals surface area contributed by atoms with E-state index in [0.717, 1.165) is 20.5 Å². The number of anilines is 1. The van der Waals surface area contributed by atoms with Gasteiger partial charge in [-0.3, -0.25) is 4.79 Å². The van der Waals surface area contributed by atoms with Crippen molar-refractivity contribution in [2.24, 2.45) is 0 Å². The van der Waals surface area contributed by atoms with E-state index in [-0.39, 0.29) is 5.56 Å². The maximum absolute atomic E-state index is 12.8. The van der Waals surface area contributed by atoms with Crippen LogP contribution in [0, 0.1) is 3.57 Å². The van der Waals surface area contributed by atoms with Gasteiger partial charge in [-0.25, -0.2) is 9.78 Å². The molecule has 1 amide bonds. The second-order valence-corrected chi connectivity index (χ2v) is 8.00. The standard InChI is InChI=1S/C23H14IN3O3/c24-16-7-8-20-15(10-16)12-18(23(29)30-20)22(28)25-17-5-3-4-14(11-17)19-13-27-9-2-1-6-21(27)26-19/h1-13H,(H,25,28). The Morgan fingerprint density at radius 3 is 2.80 bits per heavy atom. The number of pyridine rings is 1. The third-order valence-electron chi connectivity index (χ3n) is 4.72. The van der Waals surface area contributed by atoms with Crippen molar-refractivity contribution in [3.63, 3.8) is 0 Å². The summed E-state index contributed by atoms with van der Waals surface area (Å²) < 4.78 is 8.22. The molecule has 0 aliphatic heterocycles. The zero-order valence-corrected chi connectivity index (χ0v) is 17.7. The Bertz CT molecular complexity index is 1450. The van der Waals surface area contributed by atoms with Crippen LogP contribution in [0.3, 0.4) is 0 Å². The fraction of sp³-hybridized carbons (Fsp3) is 0. The quantitative estimate of drug-likeness (QED) is 0.277. The van der Waals surface area contributed by atoms with E-state index in [1.54, 1.807) is 18.2 Å². The van der Waals surface area contributed by atoms with Crippen LogP contribution in [0.15, 0.2) is 88.3 Å². The van der Waals surface area contributed by atoms with E-state index in [4.69, 9.17) is 4.42 Å². The minimum Gasteiger partial charge on any atom is -0.422 e. The Balaban J connectivity index is 1.47. The number of hydrogen-bond donors (Lipinski definition) is 1. The lowest BCUT2D eigenvalue weighted by Gasteiger charge is -2.07. The van der Waals surface area contributed by atoms with Crippen LogP contribution in [0.4, 0.5) is 5.69 Å². The third kappa shape index (κ3) is 3.48. The topological polar surface area (TPSA) is 76.6 Å². The molecule has 3 heterocycles. The van der Waals surface area contributed by atoms with Crippen molar-refractivity contribution >= 4 is 50.8 Å². The van der Waals surface area contributed by atoms with E-state index in [1.807, 2.05) is 65.3 Å². The molecule has 2 aromatic carbocycles. The van der Waals surface area contributed by atoms with Crippen molar-refractivity contribution in [2.45, 2.75) is 0 Å². The van der Waals surface area contributed by atoms with E-state index >= 15 is 0 Å². The molecule has 0 saturated heterocycles. The molecule has 0 saturated carbocycles. The number of rotatable bonds is 3. The minimum absolute atomic E-state index is 0.0392. The first kappa shape index (κ1) is 18.6. The number of amides is 1. The maximum Gasteiger partial charge on any atom is 0.349 e. The summed E-state index contributed by atoms with van der Waals surface area (Å²) in [6.07, 6.45) is 3.85. The number of fused-ring (bicyclic) bond motifs is 2. The first-order chi connectivity index (χ1) is 14.6. The highest BCUT2D eigenvalue weighted by Crippen LogP contribution is 2.23. The van der Waals surface area contributed by atoms with E-state index in [0.29, 0.717) is 16.7 Å². The molecule has 1 N–H and O–H groups in total. The smallest absolute Gasteiger partial charge is 0.349 e. The first-order valence-corrected chi connectivity index (χ1v) is 10.2. The van der Waals surface area contributed by atoms with E-state index < -0.39 is 11.5 Å². The lowest BCUT2D eigenvalue weighted by Crippen LogP contribution is -2.20. The molecule has 3 aromatic heterocycles. The number of aromatic nitrogens is 2. The number of halogens is 1. The Morgan fingerprint density at radius 1 is 1.03 bits per heavy atom. The molecular weight excluding hydrogens is 493 g/mol. The maximum atomic E-state index is 12.8. The van der Waals surface area contributed by atoms with E-state index in [9.17, 15) is 9.59 Å². The normalized spacial score (nSPS) is 11.1. The summed E-state index contributed by atoms with van der Waals surface area (Å²) in [4.78, 5) is 29.7.